The summed E-state index contributed by atoms with van der Waals surface area (Å²) in [4.78, 5) is 4.92. The third-order valence-electron chi connectivity index (χ3n) is 19.7. The van der Waals surface area contributed by atoms with E-state index in [2.05, 4.69) is 372 Å². The Balaban J connectivity index is 1.14. The van der Waals surface area contributed by atoms with Gasteiger partial charge in [0.05, 0.1) is 39.1 Å². The summed E-state index contributed by atoms with van der Waals surface area (Å²) in [6.07, 6.45) is 0. The zero-order chi connectivity index (χ0) is 69.0. The lowest BCUT2D eigenvalue weighted by Crippen LogP contribution is -2.18. The van der Waals surface area contributed by atoms with Gasteiger partial charge in [0.15, 0.2) is 0 Å². The number of para-hydroxylation sites is 3. The molecule has 6 heteroatoms. The van der Waals surface area contributed by atoms with Crippen LogP contribution in [0.4, 0.5) is 34.1 Å². The van der Waals surface area contributed by atoms with E-state index in [0.717, 1.165) is 112 Å². The smallest absolute Gasteiger partial charge is 0.0783 e. The number of hydrogen-bond acceptors (Lipinski definition) is 2. The van der Waals surface area contributed by atoms with Crippen molar-refractivity contribution in [3.8, 4) is 44.8 Å². The van der Waals surface area contributed by atoms with Crippen molar-refractivity contribution in [2.45, 2.75) is 131 Å². The van der Waals surface area contributed by atoms with Crippen molar-refractivity contribution in [1.29, 1.82) is 0 Å². The number of fused-ring (bicyclic) bond motifs is 6. The van der Waals surface area contributed by atoms with Crippen LogP contribution in [0.25, 0.3) is 88.4 Å². The maximum absolute atomic E-state index is 7.36. The predicted molar refractivity (Wildman–Crippen MR) is 424 cm³/mol. The summed E-state index contributed by atoms with van der Waals surface area (Å²) < 4.78 is 5.05. The first-order chi connectivity index (χ1) is 46.6. The van der Waals surface area contributed by atoms with Crippen LogP contribution in [-0.2, 0) is 27.1 Å². The van der Waals surface area contributed by atoms with Gasteiger partial charge in [-0.15, -0.1) is 0 Å². The lowest BCUT2D eigenvalue weighted by atomic mass is 9.79. The molecule has 0 amide bonds. The molecule has 0 fully saturated rings. The Bertz CT molecular complexity index is 5200. The maximum Gasteiger partial charge on any atom is 0.0783 e. The van der Waals surface area contributed by atoms with Crippen LogP contribution in [0, 0.1) is 0 Å². The molecule has 0 saturated heterocycles. The number of halogens is 2. The molecule has 2 heterocycles. The summed E-state index contributed by atoms with van der Waals surface area (Å²) >= 11 is 14.7. The Morgan fingerprint density at radius 3 is 1.17 bits per heavy atom. The van der Waals surface area contributed by atoms with E-state index in [0.29, 0.717) is 10.0 Å². The number of rotatable bonds is 11. The van der Waals surface area contributed by atoms with Gasteiger partial charge in [-0.3, -0.25) is 0 Å². The molecule has 0 atom stereocenters. The van der Waals surface area contributed by atoms with Crippen molar-refractivity contribution < 1.29 is 0 Å². The van der Waals surface area contributed by atoms with Gasteiger partial charge in [0.2, 0.25) is 0 Å². The zero-order valence-corrected chi connectivity index (χ0v) is 60.9. The van der Waals surface area contributed by atoms with Crippen molar-refractivity contribution >= 4 is 101 Å². The van der Waals surface area contributed by atoms with E-state index in [1.807, 2.05) is 12.1 Å². The minimum absolute atomic E-state index is 0.0528. The Kier molecular flexibility index (Phi) is 16.6. The number of benzene rings is 12. The lowest BCUT2D eigenvalue weighted by molar-refractivity contribution is 0.569. The fourth-order valence-electron chi connectivity index (χ4n) is 14.2. The van der Waals surface area contributed by atoms with Crippen molar-refractivity contribution in [3.63, 3.8) is 0 Å². The third-order valence-corrected chi connectivity index (χ3v) is 20.1. The summed E-state index contributed by atoms with van der Waals surface area (Å²) in [7, 11) is 0. The average Bonchev–Trinajstić information content (AvgIpc) is 1.52. The molecule has 0 aliphatic carbocycles. The van der Waals surface area contributed by atoms with Crippen molar-refractivity contribution in [2.75, 3.05) is 9.80 Å². The van der Waals surface area contributed by atoms with Crippen LogP contribution in [0.2, 0.25) is 10.0 Å². The van der Waals surface area contributed by atoms with Gasteiger partial charge in [-0.25, -0.2) is 0 Å². The van der Waals surface area contributed by atoms with Gasteiger partial charge >= 0.3 is 0 Å². The highest BCUT2D eigenvalue weighted by Crippen LogP contribution is 2.53. The molecule has 0 bridgehead atoms. The monoisotopic (exact) mass is 1320 g/mol. The summed E-state index contributed by atoms with van der Waals surface area (Å²) in [6, 6.07) is 96.8. The highest BCUT2D eigenvalue weighted by Gasteiger charge is 2.32. The molecule has 4 nitrogen and oxygen atoms in total. The average molecular weight is 1320 g/mol. The summed E-state index contributed by atoms with van der Waals surface area (Å²) in [5, 5.41) is 6.00. The van der Waals surface area contributed by atoms with E-state index in [9.17, 15) is 0 Å². The van der Waals surface area contributed by atoms with E-state index in [1.165, 1.54) is 38.6 Å². The lowest BCUT2D eigenvalue weighted by Gasteiger charge is -2.34. The van der Waals surface area contributed by atoms with Gasteiger partial charge in [-0.2, -0.15) is 0 Å². The van der Waals surface area contributed by atoms with E-state index in [1.54, 1.807) is 0 Å². The van der Waals surface area contributed by atoms with Crippen LogP contribution >= 0.6 is 23.2 Å². The molecule has 14 aromatic rings. The molecule has 0 unspecified atom stereocenters. The molecule has 0 N–H and O–H groups in total. The van der Waals surface area contributed by atoms with Gasteiger partial charge in [-0.05, 0) is 192 Å². The fraction of sp³-hybridized carbons (Fsp3) is 0.217. The van der Waals surface area contributed by atoms with Gasteiger partial charge < -0.3 is 18.9 Å². The molecule has 0 aliphatic heterocycles. The number of anilines is 6. The molecule has 2 aromatic heterocycles. The Hall–Kier alpha value is -9.58. The molecular weight excluding hydrogens is 1230 g/mol. The Morgan fingerprint density at radius 2 is 0.694 bits per heavy atom. The predicted octanol–water partition coefficient (Wildman–Crippen LogP) is 27.6. The SMILES string of the molecule is CC(C)(C)c1cc(-c2cc(N(c3cccc(Cl)c3)c3c(-c4ccccc4)cc(C(C)(C)C)cc3-c3ccccc3)cc(N(c3cccc(Cl)c3)c3cccc4c5cccc(-n6c7ccc(C(C)(C)C)cc7c7cc(C(C)(C)C)ccc76)c5n(-c5ccccc5)c34)c2)cc(C(C)(C)C)c1. The second-order valence-electron chi connectivity index (χ2n) is 31.9. The first-order valence-electron chi connectivity index (χ1n) is 34.5. The third kappa shape index (κ3) is 12.3. The van der Waals surface area contributed by atoms with Crippen molar-refractivity contribution in [3.05, 3.63) is 299 Å². The second-order valence-corrected chi connectivity index (χ2v) is 32.8. The second kappa shape index (κ2) is 24.7. The van der Waals surface area contributed by atoms with E-state index >= 15 is 0 Å². The molecule has 0 radical (unpaired) electrons. The molecular formula is C92H88Cl2N4. The van der Waals surface area contributed by atoms with Crippen LogP contribution in [0.15, 0.2) is 261 Å². The van der Waals surface area contributed by atoms with E-state index in [-0.39, 0.29) is 27.1 Å². The van der Waals surface area contributed by atoms with Crippen LogP contribution in [0.1, 0.15) is 132 Å². The highest BCUT2D eigenvalue weighted by atomic mass is 35.5. The molecule has 490 valence electrons. The normalized spacial score (nSPS) is 12.5. The Morgan fingerprint density at radius 1 is 0.276 bits per heavy atom. The Labute approximate surface area is 590 Å². The summed E-state index contributed by atoms with van der Waals surface area (Å²) in [5.41, 5.74) is 24.6. The molecule has 14 rings (SSSR count). The molecule has 12 aromatic carbocycles. The molecule has 0 saturated carbocycles. The van der Waals surface area contributed by atoms with Gasteiger partial charge in [0.1, 0.15) is 0 Å². The van der Waals surface area contributed by atoms with Crippen molar-refractivity contribution in [1.82, 2.24) is 9.13 Å². The maximum atomic E-state index is 7.36. The van der Waals surface area contributed by atoms with Crippen LogP contribution in [-0.4, -0.2) is 9.13 Å². The van der Waals surface area contributed by atoms with Gasteiger partial charge in [0.25, 0.3) is 0 Å². The van der Waals surface area contributed by atoms with Gasteiger partial charge in [-0.1, -0.05) is 273 Å². The van der Waals surface area contributed by atoms with E-state index < -0.39 is 0 Å². The summed E-state index contributed by atoms with van der Waals surface area (Å²) in [5.74, 6) is 0. The highest BCUT2D eigenvalue weighted by molar-refractivity contribution is 6.31. The van der Waals surface area contributed by atoms with Crippen molar-refractivity contribution in [2.24, 2.45) is 0 Å². The zero-order valence-electron chi connectivity index (χ0n) is 59.4. The molecule has 98 heavy (non-hydrogen) atoms. The minimum atomic E-state index is -0.195. The number of aromatic nitrogens is 2. The first kappa shape index (κ1) is 65.7. The van der Waals surface area contributed by atoms with Crippen LogP contribution in [0.5, 0.6) is 0 Å². The standard InChI is InChI=1S/C92H88Cl2N4/c1-88(2,3)63-43-45-81-79(52-63)80-53-64(89(4,5)6)44-46-82(80)98(81)84-42-28-40-76-75-39-27-41-83(86(75)97(87(76)84)70-35-23-18-24-36-70)95(71-37-25-33-68(93)56-71)73-49-62(61-47-65(90(7,8)9)51-66(48-61)91(10,11)12)50-74(58-73)96(72-38-26-34-69(94)57-72)85-77(59-29-19-16-20-30-59)54-67(92(13,14)15)55-78(85)60-31-21-17-22-32-60/h16-58H,1-15H3. The van der Waals surface area contributed by atoms with Crippen LogP contribution in [0.3, 0.4) is 0 Å². The number of nitrogens with zero attached hydrogens (tertiary/aromatic N) is 4. The molecule has 0 aliphatic rings. The molecule has 0 spiro atoms. The topological polar surface area (TPSA) is 16.3 Å². The quantitative estimate of drug-likeness (QED) is 0.128. The number of hydrogen-bond donors (Lipinski definition) is 0. The first-order valence-corrected chi connectivity index (χ1v) is 35.3. The minimum Gasteiger partial charge on any atom is -0.309 e. The van der Waals surface area contributed by atoms with E-state index in [4.69, 9.17) is 23.2 Å². The van der Waals surface area contributed by atoms with Crippen LogP contribution < -0.4 is 9.80 Å². The van der Waals surface area contributed by atoms with Gasteiger partial charge in [0, 0.05) is 71.2 Å². The summed E-state index contributed by atoms with van der Waals surface area (Å²) in [6.45, 7) is 34.7. The fourth-order valence-corrected chi connectivity index (χ4v) is 14.6. The largest absolute Gasteiger partial charge is 0.309 e.